The van der Waals surface area contributed by atoms with Crippen molar-refractivity contribution in [3.05, 3.63) is 73.7 Å². The van der Waals surface area contributed by atoms with Gasteiger partial charge in [-0.05, 0) is 113 Å². The molecule has 46 heavy (non-hydrogen) atoms. The van der Waals surface area contributed by atoms with Crippen LogP contribution in [0.2, 0.25) is 0 Å². The lowest BCUT2D eigenvalue weighted by atomic mass is 9.92. The lowest BCUT2D eigenvalue weighted by Gasteiger charge is -2.41. The average molecular weight is 758 g/mol. The zero-order chi connectivity index (χ0) is 32.2. The molecule has 0 aliphatic carbocycles. The van der Waals surface area contributed by atoms with Gasteiger partial charge in [0, 0.05) is 50.9 Å². The molecule has 6 rings (SSSR count). The second-order valence-electron chi connectivity index (χ2n) is 13.0. The van der Waals surface area contributed by atoms with Crippen molar-refractivity contribution < 1.29 is 14.7 Å². The van der Waals surface area contributed by atoms with E-state index in [1.54, 1.807) is 4.57 Å². The van der Waals surface area contributed by atoms with E-state index in [4.69, 9.17) is 0 Å². The molecule has 3 aromatic rings. The monoisotopic (exact) mass is 755 g/mol. The van der Waals surface area contributed by atoms with Crippen molar-refractivity contribution >= 4 is 43.7 Å². The van der Waals surface area contributed by atoms with E-state index in [-0.39, 0.29) is 35.7 Å². The van der Waals surface area contributed by atoms with Crippen LogP contribution in [0.1, 0.15) is 63.0 Å². The highest BCUT2D eigenvalue weighted by Crippen LogP contribution is 2.35. The van der Waals surface area contributed by atoms with Crippen molar-refractivity contribution in [3.63, 3.8) is 0 Å². The van der Waals surface area contributed by atoms with Crippen LogP contribution >= 0.6 is 31.9 Å². The van der Waals surface area contributed by atoms with Crippen LogP contribution in [-0.4, -0.2) is 86.5 Å². The molecule has 3 saturated heterocycles. The predicted octanol–water partition coefficient (Wildman–Crippen LogP) is 5.96. The van der Waals surface area contributed by atoms with E-state index in [0.717, 1.165) is 55.8 Å². The first-order valence-electron chi connectivity index (χ1n) is 16.6. The van der Waals surface area contributed by atoms with E-state index >= 15 is 0 Å². The van der Waals surface area contributed by atoms with Gasteiger partial charge in [-0.1, -0.05) is 36.8 Å². The molecule has 246 valence electrons. The van der Waals surface area contributed by atoms with Gasteiger partial charge in [-0.3, -0.25) is 14.2 Å². The normalized spacial score (nSPS) is 19.3. The standard InChI is InChI=1S/C35H43Br2N5O4/c36-29-20-24(21-30(37)33(29)44)19-26(34(45)41-17-9-27(10-18-41)39-13-5-2-6-14-39)22-32(43)40-15-11-28(12-16-40)42-23-31(38-35(42)46)25-7-3-1-4-8-25/h1,3-4,7-8,20-21,23,26-28,44H,2,5-6,9-19,22H2,(H,38,46)/t26-/m1/s1. The number of carbonyl (C=O) groups is 2. The Labute approximate surface area is 287 Å². The number of phenols is 1. The second kappa shape index (κ2) is 14.9. The first-order valence-corrected chi connectivity index (χ1v) is 18.2. The molecular formula is C35H43Br2N5O4. The number of rotatable bonds is 8. The quantitative estimate of drug-likeness (QED) is 0.296. The Morgan fingerprint density at radius 2 is 1.46 bits per heavy atom. The van der Waals surface area contributed by atoms with Gasteiger partial charge in [-0.15, -0.1) is 0 Å². The van der Waals surface area contributed by atoms with Gasteiger partial charge in [-0.25, -0.2) is 4.79 Å². The van der Waals surface area contributed by atoms with Crippen LogP contribution in [0.25, 0.3) is 11.3 Å². The summed E-state index contributed by atoms with van der Waals surface area (Å²) in [6.45, 7) is 4.83. The maximum absolute atomic E-state index is 14.1. The number of aromatic nitrogens is 2. The Balaban J connectivity index is 1.11. The number of carbonyl (C=O) groups excluding carboxylic acids is 2. The van der Waals surface area contributed by atoms with Gasteiger partial charge < -0.3 is 24.8 Å². The topological polar surface area (TPSA) is 102 Å². The molecular weight excluding hydrogens is 714 g/mol. The minimum atomic E-state index is -0.499. The van der Waals surface area contributed by atoms with Gasteiger partial charge in [0.2, 0.25) is 11.8 Å². The van der Waals surface area contributed by atoms with Crippen LogP contribution in [0.3, 0.4) is 0 Å². The number of imidazole rings is 1. The number of hydrogen-bond donors (Lipinski definition) is 2. The van der Waals surface area contributed by atoms with Gasteiger partial charge in [-0.2, -0.15) is 0 Å². The fourth-order valence-electron chi connectivity index (χ4n) is 7.44. The molecule has 4 heterocycles. The number of hydrogen-bond acceptors (Lipinski definition) is 5. The maximum atomic E-state index is 14.1. The Hall–Kier alpha value is -2.89. The second-order valence-corrected chi connectivity index (χ2v) is 14.7. The number of aromatic amines is 1. The van der Waals surface area contributed by atoms with Crippen LogP contribution in [0.4, 0.5) is 0 Å². The highest BCUT2D eigenvalue weighted by atomic mass is 79.9. The van der Waals surface area contributed by atoms with E-state index in [0.29, 0.717) is 47.3 Å². The van der Waals surface area contributed by atoms with Gasteiger partial charge >= 0.3 is 5.69 Å². The third-order valence-corrected chi connectivity index (χ3v) is 11.3. The first-order chi connectivity index (χ1) is 22.3. The molecule has 1 atom stereocenters. The molecule has 3 aliphatic rings. The fourth-order valence-corrected chi connectivity index (χ4v) is 8.72. The molecule has 9 nitrogen and oxygen atoms in total. The molecule has 3 fully saturated rings. The van der Waals surface area contributed by atoms with Crippen molar-refractivity contribution in [2.24, 2.45) is 5.92 Å². The lowest BCUT2D eigenvalue weighted by molar-refractivity contribution is -0.143. The number of halogens is 2. The van der Waals surface area contributed by atoms with Crippen molar-refractivity contribution in [2.75, 3.05) is 39.3 Å². The Morgan fingerprint density at radius 1 is 0.848 bits per heavy atom. The van der Waals surface area contributed by atoms with Crippen LogP contribution in [0.5, 0.6) is 5.75 Å². The summed E-state index contributed by atoms with van der Waals surface area (Å²) in [6.07, 6.45) is 9.56. The Bertz CT molecular complexity index is 1550. The SMILES string of the molecule is O=C(C[C@@H](Cc1cc(Br)c(O)c(Br)c1)C(=O)N1CCC(N2CCCCC2)CC1)N1CCC(n2cc(-c3ccccc3)[nH]c2=O)CC1. The predicted molar refractivity (Wildman–Crippen MR) is 186 cm³/mol. The largest absolute Gasteiger partial charge is 0.506 e. The van der Waals surface area contributed by atoms with Crippen molar-refractivity contribution in [3.8, 4) is 17.0 Å². The summed E-state index contributed by atoms with van der Waals surface area (Å²) in [7, 11) is 0. The number of aromatic hydroxyl groups is 1. The summed E-state index contributed by atoms with van der Waals surface area (Å²) in [5.74, 6) is -0.375. The molecule has 0 radical (unpaired) electrons. The van der Waals surface area contributed by atoms with Crippen molar-refractivity contribution in [1.29, 1.82) is 0 Å². The van der Waals surface area contributed by atoms with E-state index < -0.39 is 5.92 Å². The molecule has 2 N–H and O–H groups in total. The smallest absolute Gasteiger partial charge is 0.326 e. The summed E-state index contributed by atoms with van der Waals surface area (Å²) in [6, 6.07) is 14.0. The third kappa shape index (κ3) is 7.63. The lowest BCUT2D eigenvalue weighted by Crippen LogP contribution is -2.50. The Kier molecular flexibility index (Phi) is 10.7. The zero-order valence-corrected chi connectivity index (χ0v) is 29.3. The number of nitrogens with one attached hydrogen (secondary N) is 1. The summed E-state index contributed by atoms with van der Waals surface area (Å²) in [4.78, 5) is 50.0. The number of amides is 2. The molecule has 0 saturated carbocycles. The molecule has 0 unspecified atom stereocenters. The minimum absolute atomic E-state index is 0.00980. The average Bonchev–Trinajstić information content (AvgIpc) is 3.48. The van der Waals surface area contributed by atoms with E-state index in [9.17, 15) is 19.5 Å². The van der Waals surface area contributed by atoms with Crippen LogP contribution < -0.4 is 5.69 Å². The summed E-state index contributed by atoms with van der Waals surface area (Å²) >= 11 is 6.84. The summed E-state index contributed by atoms with van der Waals surface area (Å²) in [5.41, 5.74) is 2.50. The number of benzene rings is 2. The van der Waals surface area contributed by atoms with Gasteiger partial charge in [0.1, 0.15) is 5.75 Å². The molecule has 0 bridgehead atoms. The van der Waals surface area contributed by atoms with Crippen LogP contribution in [-0.2, 0) is 16.0 Å². The summed E-state index contributed by atoms with van der Waals surface area (Å²) in [5, 5.41) is 10.2. The van der Waals surface area contributed by atoms with Crippen molar-refractivity contribution in [1.82, 2.24) is 24.3 Å². The van der Waals surface area contributed by atoms with E-state index in [1.807, 2.05) is 58.5 Å². The molecule has 1 aromatic heterocycles. The molecule has 0 spiro atoms. The van der Waals surface area contributed by atoms with Crippen LogP contribution in [0, 0.1) is 5.92 Å². The highest BCUT2D eigenvalue weighted by Gasteiger charge is 2.34. The fraction of sp³-hybridized carbons (Fsp3) is 0.514. The molecule has 3 aliphatic heterocycles. The zero-order valence-electron chi connectivity index (χ0n) is 26.2. The van der Waals surface area contributed by atoms with E-state index in [1.165, 1.54) is 19.3 Å². The third-order valence-electron chi connectivity index (χ3n) is 10.1. The number of phenolic OH excluding ortho intramolecular Hbond substituents is 1. The Morgan fingerprint density at radius 3 is 2.11 bits per heavy atom. The van der Waals surface area contributed by atoms with Crippen LogP contribution in [0.15, 0.2) is 62.4 Å². The summed E-state index contributed by atoms with van der Waals surface area (Å²) < 4.78 is 2.87. The molecule has 2 amide bonds. The minimum Gasteiger partial charge on any atom is -0.506 e. The van der Waals surface area contributed by atoms with E-state index in [2.05, 4.69) is 41.7 Å². The first kappa shape index (κ1) is 33.0. The van der Waals surface area contributed by atoms with Crippen molar-refractivity contribution in [2.45, 2.75) is 69.9 Å². The maximum Gasteiger partial charge on any atom is 0.326 e. The molecule has 11 heteroatoms. The number of H-pyrrole nitrogens is 1. The van der Waals surface area contributed by atoms with Gasteiger partial charge in [0.05, 0.1) is 20.6 Å². The van der Waals surface area contributed by atoms with Gasteiger partial charge in [0.15, 0.2) is 0 Å². The molecule has 2 aromatic carbocycles. The number of likely N-dealkylation sites (tertiary alicyclic amines) is 3. The number of piperidine rings is 3. The number of nitrogens with zero attached hydrogens (tertiary/aromatic N) is 4. The highest BCUT2D eigenvalue weighted by molar-refractivity contribution is 9.11. The van der Waals surface area contributed by atoms with Gasteiger partial charge in [0.25, 0.3) is 0 Å².